The number of ether oxygens (including phenoxy) is 1. The Morgan fingerprint density at radius 2 is 1.77 bits per heavy atom. The Kier molecular flexibility index (Phi) is 2.45. The number of carboxylic acids is 1. The van der Waals surface area contributed by atoms with Crippen LogP contribution in [0, 0.1) is 0 Å². The van der Waals surface area contributed by atoms with E-state index in [1.165, 1.54) is 0 Å². The molecule has 0 bridgehead atoms. The second-order valence-electron chi connectivity index (χ2n) is 3.33. The zero-order chi connectivity index (χ0) is 10.2. The molecule has 3 nitrogen and oxygen atoms in total. The van der Waals surface area contributed by atoms with Crippen LogP contribution in [-0.4, -0.2) is 17.2 Å². The number of rotatable bonds is 1. The summed E-state index contributed by atoms with van der Waals surface area (Å²) in [5.74, 6) is -0.223. The molecular formula is C10H14O3. The first-order valence-corrected chi connectivity index (χ1v) is 4.19. The van der Waals surface area contributed by atoms with Crippen molar-refractivity contribution in [1.29, 1.82) is 0 Å². The summed E-state index contributed by atoms with van der Waals surface area (Å²) in [6, 6.07) is 0. The van der Waals surface area contributed by atoms with Crippen LogP contribution in [-0.2, 0) is 9.53 Å². The molecule has 0 spiro atoms. The molecule has 13 heavy (non-hydrogen) atoms. The van der Waals surface area contributed by atoms with Gasteiger partial charge in [-0.1, -0.05) is 0 Å². The molecule has 1 aliphatic rings. The van der Waals surface area contributed by atoms with Crippen molar-refractivity contribution in [3.63, 3.8) is 0 Å². The Morgan fingerprint density at radius 3 is 2.23 bits per heavy atom. The molecule has 1 atom stereocenters. The average molecular weight is 182 g/mol. The predicted molar refractivity (Wildman–Crippen MR) is 49.3 cm³/mol. The molecule has 0 radical (unpaired) electrons. The van der Waals surface area contributed by atoms with E-state index in [0.717, 1.165) is 16.7 Å². The van der Waals surface area contributed by atoms with Gasteiger partial charge in [-0.3, -0.25) is 0 Å². The van der Waals surface area contributed by atoms with Gasteiger partial charge in [0.05, 0.1) is 5.76 Å². The summed E-state index contributed by atoms with van der Waals surface area (Å²) in [7, 11) is 0. The zero-order valence-electron chi connectivity index (χ0n) is 8.34. The molecule has 0 aliphatic carbocycles. The molecule has 1 heterocycles. The maximum atomic E-state index is 10.8. The first-order chi connectivity index (χ1) is 5.95. The molecule has 0 fully saturated rings. The van der Waals surface area contributed by atoms with Gasteiger partial charge in [-0.05, 0) is 44.4 Å². The van der Waals surface area contributed by atoms with E-state index in [-0.39, 0.29) is 0 Å². The largest absolute Gasteiger partial charge is 0.479 e. The second kappa shape index (κ2) is 3.24. The quantitative estimate of drug-likeness (QED) is 0.675. The minimum absolute atomic E-state index is 0.704. The minimum atomic E-state index is -0.927. The van der Waals surface area contributed by atoms with Gasteiger partial charge in [0.1, 0.15) is 0 Å². The van der Waals surface area contributed by atoms with Gasteiger partial charge in [0.15, 0.2) is 0 Å². The Balaban J connectivity index is 3.11. The van der Waals surface area contributed by atoms with Crippen molar-refractivity contribution in [3.8, 4) is 0 Å². The maximum absolute atomic E-state index is 10.8. The second-order valence-corrected chi connectivity index (χ2v) is 3.33. The number of allylic oxidation sites excluding steroid dienone is 3. The summed E-state index contributed by atoms with van der Waals surface area (Å²) < 4.78 is 5.26. The number of hydrogen-bond donors (Lipinski definition) is 1. The fraction of sp³-hybridized carbons (Fsp3) is 0.500. The minimum Gasteiger partial charge on any atom is -0.479 e. The standard InChI is InChI=1S/C10H14O3/c1-5-6(2)8(4)13-9(7(5)3)10(11)12/h9H,1-4H3,(H,11,12). The number of carboxylic acid groups (broad SMARTS) is 1. The molecule has 0 amide bonds. The smallest absolute Gasteiger partial charge is 0.349 e. The van der Waals surface area contributed by atoms with Gasteiger partial charge < -0.3 is 9.84 Å². The summed E-state index contributed by atoms with van der Waals surface area (Å²) in [4.78, 5) is 10.8. The fourth-order valence-electron chi connectivity index (χ4n) is 1.35. The maximum Gasteiger partial charge on any atom is 0.349 e. The van der Waals surface area contributed by atoms with E-state index in [9.17, 15) is 4.79 Å². The van der Waals surface area contributed by atoms with E-state index in [1.54, 1.807) is 13.8 Å². The lowest BCUT2D eigenvalue weighted by atomic mass is 9.96. The Hall–Kier alpha value is -1.25. The Morgan fingerprint density at radius 1 is 1.23 bits per heavy atom. The molecule has 0 saturated carbocycles. The number of aliphatic carboxylic acids is 1. The van der Waals surface area contributed by atoms with Crippen molar-refractivity contribution < 1.29 is 14.6 Å². The van der Waals surface area contributed by atoms with Crippen LogP contribution in [0.3, 0.4) is 0 Å². The van der Waals surface area contributed by atoms with Crippen molar-refractivity contribution in [2.45, 2.75) is 33.8 Å². The lowest BCUT2D eigenvalue weighted by molar-refractivity contribution is -0.145. The SMILES string of the molecule is CC1=C(C)C(C)=C(C)C(C(=O)O)O1. The van der Waals surface area contributed by atoms with E-state index in [4.69, 9.17) is 9.84 Å². The van der Waals surface area contributed by atoms with Crippen molar-refractivity contribution >= 4 is 5.97 Å². The third-order valence-electron chi connectivity index (χ3n) is 2.59. The van der Waals surface area contributed by atoms with Gasteiger partial charge in [0.2, 0.25) is 6.10 Å². The van der Waals surface area contributed by atoms with Crippen LogP contribution < -0.4 is 0 Å². The van der Waals surface area contributed by atoms with Crippen LogP contribution in [0.15, 0.2) is 22.5 Å². The van der Waals surface area contributed by atoms with Crippen LogP contribution in [0.1, 0.15) is 27.7 Å². The number of carbonyl (C=O) groups is 1. The van der Waals surface area contributed by atoms with Crippen molar-refractivity contribution in [2.24, 2.45) is 0 Å². The molecule has 1 rings (SSSR count). The van der Waals surface area contributed by atoms with E-state index in [2.05, 4.69) is 0 Å². The monoisotopic (exact) mass is 182 g/mol. The molecule has 0 aromatic heterocycles. The van der Waals surface area contributed by atoms with Crippen LogP contribution in [0.4, 0.5) is 0 Å². The highest BCUT2D eigenvalue weighted by Gasteiger charge is 2.27. The van der Waals surface area contributed by atoms with Gasteiger partial charge in [-0.2, -0.15) is 0 Å². The first-order valence-electron chi connectivity index (χ1n) is 4.19. The Bertz CT molecular complexity index is 310. The van der Waals surface area contributed by atoms with E-state index >= 15 is 0 Å². The Labute approximate surface area is 77.7 Å². The highest BCUT2D eigenvalue weighted by molar-refractivity contribution is 5.77. The van der Waals surface area contributed by atoms with E-state index in [0.29, 0.717) is 5.76 Å². The summed E-state index contributed by atoms with van der Waals surface area (Å²) in [6.07, 6.45) is -0.802. The van der Waals surface area contributed by atoms with E-state index in [1.807, 2.05) is 13.8 Å². The van der Waals surface area contributed by atoms with Crippen LogP contribution in [0.2, 0.25) is 0 Å². The molecule has 0 aromatic carbocycles. The van der Waals surface area contributed by atoms with Gasteiger partial charge in [-0.25, -0.2) is 4.79 Å². The summed E-state index contributed by atoms with van der Waals surface area (Å²) >= 11 is 0. The summed E-state index contributed by atoms with van der Waals surface area (Å²) in [5.41, 5.74) is 2.85. The lowest BCUT2D eigenvalue weighted by Crippen LogP contribution is -2.28. The molecule has 0 saturated heterocycles. The van der Waals surface area contributed by atoms with Crippen LogP contribution in [0.25, 0.3) is 0 Å². The van der Waals surface area contributed by atoms with Crippen molar-refractivity contribution in [2.75, 3.05) is 0 Å². The molecule has 3 heteroatoms. The topological polar surface area (TPSA) is 46.5 Å². The summed E-state index contributed by atoms with van der Waals surface area (Å²) in [6.45, 7) is 7.45. The van der Waals surface area contributed by atoms with Crippen LogP contribution in [0.5, 0.6) is 0 Å². The first kappa shape index (κ1) is 9.84. The van der Waals surface area contributed by atoms with E-state index < -0.39 is 12.1 Å². The van der Waals surface area contributed by atoms with Crippen LogP contribution >= 0.6 is 0 Å². The van der Waals surface area contributed by atoms with Gasteiger partial charge in [0, 0.05) is 0 Å². The fourth-order valence-corrected chi connectivity index (χ4v) is 1.35. The van der Waals surface area contributed by atoms with Gasteiger partial charge >= 0.3 is 5.97 Å². The molecule has 72 valence electrons. The predicted octanol–water partition coefficient (Wildman–Crippen LogP) is 2.10. The molecule has 1 N–H and O–H groups in total. The number of hydrogen-bond acceptors (Lipinski definition) is 2. The highest BCUT2D eigenvalue weighted by Crippen LogP contribution is 2.28. The summed E-state index contributed by atoms with van der Waals surface area (Å²) in [5, 5.41) is 8.85. The third kappa shape index (κ3) is 1.59. The molecule has 1 aliphatic heterocycles. The third-order valence-corrected chi connectivity index (χ3v) is 2.59. The molecular weight excluding hydrogens is 168 g/mol. The van der Waals surface area contributed by atoms with Crippen molar-refractivity contribution in [1.82, 2.24) is 0 Å². The van der Waals surface area contributed by atoms with Gasteiger partial charge in [0.25, 0.3) is 0 Å². The molecule has 1 unspecified atom stereocenters. The van der Waals surface area contributed by atoms with Gasteiger partial charge in [-0.15, -0.1) is 0 Å². The zero-order valence-corrected chi connectivity index (χ0v) is 8.34. The molecule has 0 aromatic rings. The lowest BCUT2D eigenvalue weighted by Gasteiger charge is -2.25. The van der Waals surface area contributed by atoms with Crippen molar-refractivity contribution in [3.05, 3.63) is 22.5 Å². The highest BCUT2D eigenvalue weighted by atomic mass is 16.5. The normalized spacial score (nSPS) is 23.2. The average Bonchev–Trinajstić information content (AvgIpc) is 2.07.